The maximum atomic E-state index is 4.67. The van der Waals surface area contributed by atoms with Crippen LogP contribution in [0.4, 0.5) is 5.82 Å². The van der Waals surface area contributed by atoms with E-state index in [9.17, 15) is 0 Å². The second-order valence-corrected chi connectivity index (χ2v) is 5.65. The molecule has 0 aliphatic carbocycles. The molecule has 0 amide bonds. The fourth-order valence-electron chi connectivity index (χ4n) is 2.38. The summed E-state index contributed by atoms with van der Waals surface area (Å²) in [7, 11) is 0. The number of aromatic nitrogens is 2. The summed E-state index contributed by atoms with van der Waals surface area (Å²) in [6.45, 7) is 4.87. The van der Waals surface area contributed by atoms with Crippen LogP contribution in [-0.4, -0.2) is 16.5 Å². The lowest BCUT2D eigenvalue weighted by Crippen LogP contribution is -2.04. The fourth-order valence-corrected chi connectivity index (χ4v) is 2.70. The number of anilines is 1. The Hall–Kier alpha value is -1.94. The standard InChI is InChI=1S/C17H16BrN3/c1-3-19-17-15(18)11(2)20-16(21-17)14-10-6-8-12-7-4-5-9-13(12)14/h4-10H,3H2,1-2H3,(H,19,20,21). The molecule has 1 N–H and O–H groups in total. The summed E-state index contributed by atoms with van der Waals surface area (Å²) < 4.78 is 0.924. The number of halogens is 1. The van der Waals surface area contributed by atoms with E-state index in [4.69, 9.17) is 0 Å². The molecule has 0 saturated carbocycles. The van der Waals surface area contributed by atoms with Gasteiger partial charge in [0.1, 0.15) is 5.82 Å². The average molecular weight is 342 g/mol. The number of aryl methyl sites for hydroxylation is 1. The SMILES string of the molecule is CCNc1nc(-c2cccc3ccccc23)nc(C)c1Br. The normalized spacial score (nSPS) is 10.8. The highest BCUT2D eigenvalue weighted by molar-refractivity contribution is 9.10. The maximum absolute atomic E-state index is 4.67. The van der Waals surface area contributed by atoms with E-state index in [0.717, 1.165) is 33.9 Å². The molecule has 0 aliphatic heterocycles. The molecule has 0 bridgehead atoms. The smallest absolute Gasteiger partial charge is 0.162 e. The van der Waals surface area contributed by atoms with Gasteiger partial charge in [0, 0.05) is 12.1 Å². The Labute approximate surface area is 132 Å². The van der Waals surface area contributed by atoms with Gasteiger partial charge >= 0.3 is 0 Å². The van der Waals surface area contributed by atoms with E-state index in [1.165, 1.54) is 10.8 Å². The van der Waals surface area contributed by atoms with Gasteiger partial charge in [0.25, 0.3) is 0 Å². The first-order chi connectivity index (χ1) is 10.2. The van der Waals surface area contributed by atoms with Gasteiger partial charge in [0.2, 0.25) is 0 Å². The summed E-state index contributed by atoms with van der Waals surface area (Å²) >= 11 is 3.55. The van der Waals surface area contributed by atoms with Gasteiger partial charge in [-0.25, -0.2) is 9.97 Å². The number of hydrogen-bond acceptors (Lipinski definition) is 3. The number of fused-ring (bicyclic) bond motifs is 1. The molecule has 3 aromatic rings. The monoisotopic (exact) mass is 341 g/mol. The molecule has 2 aromatic carbocycles. The van der Waals surface area contributed by atoms with Crippen molar-refractivity contribution in [3.63, 3.8) is 0 Å². The summed E-state index contributed by atoms with van der Waals surface area (Å²) in [4.78, 5) is 9.31. The van der Waals surface area contributed by atoms with Gasteiger partial charge in [-0.15, -0.1) is 0 Å². The molecule has 0 aliphatic rings. The number of nitrogens with zero attached hydrogens (tertiary/aromatic N) is 2. The second kappa shape index (κ2) is 5.82. The summed E-state index contributed by atoms with van der Waals surface area (Å²) in [5.41, 5.74) is 1.99. The van der Waals surface area contributed by atoms with E-state index in [1.807, 2.05) is 25.1 Å². The van der Waals surface area contributed by atoms with Crippen molar-refractivity contribution in [1.82, 2.24) is 9.97 Å². The largest absolute Gasteiger partial charge is 0.369 e. The van der Waals surface area contributed by atoms with Gasteiger partial charge < -0.3 is 5.32 Å². The third-order valence-corrected chi connectivity index (χ3v) is 4.34. The number of benzene rings is 2. The zero-order valence-electron chi connectivity index (χ0n) is 12.0. The average Bonchev–Trinajstić information content (AvgIpc) is 2.51. The van der Waals surface area contributed by atoms with E-state index in [2.05, 4.69) is 62.4 Å². The van der Waals surface area contributed by atoms with Crippen LogP contribution in [0.5, 0.6) is 0 Å². The van der Waals surface area contributed by atoms with Gasteiger partial charge in [-0.05, 0) is 40.5 Å². The minimum atomic E-state index is 0.753. The maximum Gasteiger partial charge on any atom is 0.162 e. The molecule has 0 spiro atoms. The molecule has 0 saturated heterocycles. The van der Waals surface area contributed by atoms with Crippen LogP contribution in [0.25, 0.3) is 22.2 Å². The Kier molecular flexibility index (Phi) is 3.88. The van der Waals surface area contributed by atoms with Crippen molar-refractivity contribution in [2.24, 2.45) is 0 Å². The van der Waals surface area contributed by atoms with Gasteiger partial charge in [0.15, 0.2) is 5.82 Å². The molecule has 4 heteroatoms. The van der Waals surface area contributed by atoms with Gasteiger partial charge in [0.05, 0.1) is 10.2 Å². The summed E-state index contributed by atoms with van der Waals surface area (Å²) in [6, 6.07) is 14.5. The Bertz CT molecular complexity index is 794. The number of hydrogen-bond donors (Lipinski definition) is 1. The molecule has 0 fully saturated rings. The van der Waals surface area contributed by atoms with Crippen LogP contribution in [0.1, 0.15) is 12.6 Å². The molecule has 3 nitrogen and oxygen atoms in total. The van der Waals surface area contributed by atoms with Gasteiger partial charge in [-0.3, -0.25) is 0 Å². The molecule has 21 heavy (non-hydrogen) atoms. The Morgan fingerprint density at radius 1 is 1.05 bits per heavy atom. The molecule has 3 rings (SSSR count). The first kappa shape index (κ1) is 14.0. The zero-order valence-corrected chi connectivity index (χ0v) is 13.6. The molecule has 1 heterocycles. The molecule has 106 valence electrons. The Balaban J connectivity index is 2.23. The van der Waals surface area contributed by atoms with Crippen molar-refractivity contribution >= 4 is 32.5 Å². The topological polar surface area (TPSA) is 37.8 Å². The molecule has 0 radical (unpaired) electrons. The van der Waals surface area contributed by atoms with E-state index in [0.29, 0.717) is 0 Å². The summed E-state index contributed by atoms with van der Waals surface area (Å²) in [5.74, 6) is 1.59. The first-order valence-corrected chi connectivity index (χ1v) is 7.76. The summed E-state index contributed by atoms with van der Waals surface area (Å²) in [6.07, 6.45) is 0. The first-order valence-electron chi connectivity index (χ1n) is 6.97. The van der Waals surface area contributed by atoms with Crippen LogP contribution < -0.4 is 5.32 Å². The Morgan fingerprint density at radius 3 is 2.62 bits per heavy atom. The van der Waals surface area contributed by atoms with Crippen LogP contribution in [0.15, 0.2) is 46.9 Å². The van der Waals surface area contributed by atoms with Crippen LogP contribution >= 0.6 is 15.9 Å². The number of rotatable bonds is 3. The van der Waals surface area contributed by atoms with Gasteiger partial charge in [-0.1, -0.05) is 42.5 Å². The minimum Gasteiger partial charge on any atom is -0.369 e. The third-order valence-electron chi connectivity index (χ3n) is 3.39. The summed E-state index contributed by atoms with van der Waals surface area (Å²) in [5, 5.41) is 5.65. The van der Waals surface area contributed by atoms with Crippen LogP contribution in [-0.2, 0) is 0 Å². The van der Waals surface area contributed by atoms with Gasteiger partial charge in [-0.2, -0.15) is 0 Å². The Morgan fingerprint density at radius 2 is 1.81 bits per heavy atom. The molecule has 1 aromatic heterocycles. The zero-order chi connectivity index (χ0) is 14.8. The quantitative estimate of drug-likeness (QED) is 0.743. The molecule has 0 atom stereocenters. The lowest BCUT2D eigenvalue weighted by atomic mass is 10.0. The van der Waals surface area contributed by atoms with Crippen molar-refractivity contribution in [3.05, 3.63) is 52.6 Å². The second-order valence-electron chi connectivity index (χ2n) is 4.85. The lowest BCUT2D eigenvalue weighted by molar-refractivity contribution is 1.07. The third kappa shape index (κ3) is 2.63. The van der Waals surface area contributed by atoms with Crippen molar-refractivity contribution in [1.29, 1.82) is 0 Å². The molecule has 0 unspecified atom stereocenters. The van der Waals surface area contributed by atoms with Crippen molar-refractivity contribution in [2.45, 2.75) is 13.8 Å². The highest BCUT2D eigenvalue weighted by atomic mass is 79.9. The highest BCUT2D eigenvalue weighted by Gasteiger charge is 2.12. The fraction of sp³-hybridized carbons (Fsp3) is 0.176. The van der Waals surface area contributed by atoms with Crippen LogP contribution in [0.2, 0.25) is 0 Å². The molecular formula is C17H16BrN3. The predicted octanol–water partition coefficient (Wildman–Crippen LogP) is 4.80. The highest BCUT2D eigenvalue weighted by Crippen LogP contribution is 2.30. The van der Waals surface area contributed by atoms with Crippen LogP contribution in [0.3, 0.4) is 0 Å². The number of nitrogens with one attached hydrogen (secondary N) is 1. The van der Waals surface area contributed by atoms with Crippen LogP contribution in [0, 0.1) is 6.92 Å². The lowest BCUT2D eigenvalue weighted by Gasteiger charge is -2.11. The minimum absolute atomic E-state index is 0.753. The van der Waals surface area contributed by atoms with Crippen molar-refractivity contribution < 1.29 is 0 Å². The van der Waals surface area contributed by atoms with E-state index in [-0.39, 0.29) is 0 Å². The predicted molar refractivity (Wildman–Crippen MR) is 91.6 cm³/mol. The van der Waals surface area contributed by atoms with Crippen molar-refractivity contribution in [2.75, 3.05) is 11.9 Å². The van der Waals surface area contributed by atoms with E-state index < -0.39 is 0 Å². The molecular weight excluding hydrogens is 326 g/mol. The van der Waals surface area contributed by atoms with E-state index in [1.54, 1.807) is 0 Å². The van der Waals surface area contributed by atoms with Crippen molar-refractivity contribution in [3.8, 4) is 11.4 Å². The van der Waals surface area contributed by atoms with E-state index >= 15 is 0 Å².